The molecule has 0 spiro atoms. The van der Waals surface area contributed by atoms with Gasteiger partial charge in [0.2, 0.25) is 0 Å². The number of furan rings is 1. The Kier molecular flexibility index (Phi) is 3.96. The van der Waals surface area contributed by atoms with E-state index in [0.717, 1.165) is 35.2 Å². The minimum atomic E-state index is -0.268. The molecule has 1 atom stereocenters. The summed E-state index contributed by atoms with van der Waals surface area (Å²) in [7, 11) is 0. The zero-order valence-electron chi connectivity index (χ0n) is 11.7. The third-order valence-electron chi connectivity index (χ3n) is 3.53. The van der Waals surface area contributed by atoms with Gasteiger partial charge in [-0.2, -0.15) is 5.10 Å². The van der Waals surface area contributed by atoms with Crippen LogP contribution in [0.4, 0.5) is 0 Å². The second kappa shape index (κ2) is 5.89. The van der Waals surface area contributed by atoms with Crippen LogP contribution in [0.3, 0.4) is 0 Å². The Balaban J connectivity index is 2.12. The molecule has 1 aromatic carbocycles. The molecule has 5 nitrogen and oxygen atoms in total. The highest BCUT2D eigenvalue weighted by Gasteiger charge is 2.24. The summed E-state index contributed by atoms with van der Waals surface area (Å²) in [6.07, 6.45) is 4.34. The number of halogens is 1. The zero-order chi connectivity index (χ0) is 14.8. The van der Waals surface area contributed by atoms with Crippen molar-refractivity contribution in [3.63, 3.8) is 0 Å². The van der Waals surface area contributed by atoms with Gasteiger partial charge in [0.05, 0.1) is 29.2 Å². The van der Waals surface area contributed by atoms with Gasteiger partial charge in [0, 0.05) is 17.5 Å². The summed E-state index contributed by atoms with van der Waals surface area (Å²) in [6.45, 7) is 2.88. The van der Waals surface area contributed by atoms with Crippen molar-refractivity contribution in [2.45, 2.75) is 25.9 Å². The molecule has 1 unspecified atom stereocenters. The number of nitrogens with two attached hydrogens (primary N) is 1. The van der Waals surface area contributed by atoms with Crippen LogP contribution in [0.2, 0.25) is 5.02 Å². The Labute approximate surface area is 127 Å². The molecule has 3 N–H and O–H groups in total. The van der Waals surface area contributed by atoms with E-state index in [4.69, 9.17) is 21.9 Å². The standard InChI is InChI=1S/C15H17ClN4O/c1-2-7-20-15(12(16)8-18-20)14(19-17)11-9-21-13-6-4-3-5-10(11)13/h3-6,8-9,14,19H,2,7,17H2,1H3. The Hall–Kier alpha value is -1.82. The van der Waals surface area contributed by atoms with E-state index in [1.165, 1.54) is 0 Å². The van der Waals surface area contributed by atoms with E-state index < -0.39 is 0 Å². The molecule has 2 aromatic heterocycles. The number of benzene rings is 1. The van der Waals surface area contributed by atoms with Crippen molar-refractivity contribution in [1.29, 1.82) is 0 Å². The summed E-state index contributed by atoms with van der Waals surface area (Å²) in [5, 5.41) is 5.93. The number of hydrazine groups is 1. The third-order valence-corrected chi connectivity index (χ3v) is 3.82. The van der Waals surface area contributed by atoms with Crippen LogP contribution in [-0.2, 0) is 6.54 Å². The van der Waals surface area contributed by atoms with Crippen molar-refractivity contribution < 1.29 is 4.42 Å². The predicted octanol–water partition coefficient (Wildman–Crippen LogP) is 3.25. The molecule has 0 fully saturated rings. The number of rotatable bonds is 5. The number of nitrogens with one attached hydrogen (secondary N) is 1. The first kappa shape index (κ1) is 14.1. The van der Waals surface area contributed by atoms with Gasteiger partial charge in [-0.15, -0.1) is 0 Å². The van der Waals surface area contributed by atoms with Crippen molar-refractivity contribution in [2.24, 2.45) is 5.84 Å². The minimum absolute atomic E-state index is 0.268. The lowest BCUT2D eigenvalue weighted by Crippen LogP contribution is -2.31. The molecule has 110 valence electrons. The van der Waals surface area contributed by atoms with E-state index >= 15 is 0 Å². The monoisotopic (exact) mass is 304 g/mol. The summed E-state index contributed by atoms with van der Waals surface area (Å²) in [5.74, 6) is 5.79. The largest absolute Gasteiger partial charge is 0.464 e. The number of aromatic nitrogens is 2. The van der Waals surface area contributed by atoms with Crippen molar-refractivity contribution >= 4 is 22.6 Å². The highest BCUT2D eigenvalue weighted by molar-refractivity contribution is 6.31. The molecule has 0 aliphatic rings. The van der Waals surface area contributed by atoms with Gasteiger partial charge in [-0.3, -0.25) is 10.5 Å². The average molecular weight is 305 g/mol. The molecule has 0 amide bonds. The molecule has 3 aromatic rings. The summed E-state index contributed by atoms with van der Waals surface area (Å²) in [4.78, 5) is 0. The average Bonchev–Trinajstić information content (AvgIpc) is 3.07. The number of hydrogen-bond acceptors (Lipinski definition) is 4. The lowest BCUT2D eigenvalue weighted by Gasteiger charge is -2.17. The fourth-order valence-electron chi connectivity index (χ4n) is 2.59. The van der Waals surface area contributed by atoms with Crippen LogP contribution in [0, 0.1) is 0 Å². The van der Waals surface area contributed by atoms with Crippen LogP contribution in [0.1, 0.15) is 30.6 Å². The van der Waals surface area contributed by atoms with Gasteiger partial charge in [-0.1, -0.05) is 36.7 Å². The highest BCUT2D eigenvalue weighted by Crippen LogP contribution is 2.33. The Bertz CT molecular complexity index is 749. The third kappa shape index (κ3) is 2.44. The molecule has 0 radical (unpaired) electrons. The van der Waals surface area contributed by atoms with Crippen molar-refractivity contribution in [2.75, 3.05) is 0 Å². The van der Waals surface area contributed by atoms with Gasteiger partial charge in [0.1, 0.15) is 5.58 Å². The molecule has 0 bridgehead atoms. The van der Waals surface area contributed by atoms with Gasteiger partial charge in [0.25, 0.3) is 0 Å². The van der Waals surface area contributed by atoms with Crippen LogP contribution in [0.25, 0.3) is 11.0 Å². The van der Waals surface area contributed by atoms with Crippen LogP contribution in [-0.4, -0.2) is 9.78 Å². The molecule has 2 heterocycles. The first-order chi connectivity index (χ1) is 10.3. The van der Waals surface area contributed by atoms with Gasteiger partial charge < -0.3 is 4.42 Å². The van der Waals surface area contributed by atoms with Crippen molar-refractivity contribution in [1.82, 2.24) is 15.2 Å². The minimum Gasteiger partial charge on any atom is -0.464 e. The molecule has 0 aliphatic heterocycles. The maximum absolute atomic E-state index is 6.31. The Morgan fingerprint density at radius 1 is 1.43 bits per heavy atom. The second-order valence-electron chi connectivity index (χ2n) is 4.89. The summed E-state index contributed by atoms with van der Waals surface area (Å²) in [6, 6.07) is 7.58. The fraction of sp³-hybridized carbons (Fsp3) is 0.267. The van der Waals surface area contributed by atoms with Crippen LogP contribution in [0.15, 0.2) is 41.1 Å². The molecule has 21 heavy (non-hydrogen) atoms. The SMILES string of the molecule is CCCn1ncc(Cl)c1C(NN)c1coc2ccccc12. The Morgan fingerprint density at radius 3 is 3.00 bits per heavy atom. The molecule has 0 saturated heterocycles. The molecular weight excluding hydrogens is 288 g/mol. The number of hydrogen-bond donors (Lipinski definition) is 2. The maximum atomic E-state index is 6.31. The maximum Gasteiger partial charge on any atom is 0.134 e. The summed E-state index contributed by atoms with van der Waals surface area (Å²) < 4.78 is 7.48. The molecule has 6 heteroatoms. The van der Waals surface area contributed by atoms with Crippen LogP contribution < -0.4 is 11.3 Å². The van der Waals surface area contributed by atoms with Crippen molar-refractivity contribution in [3.8, 4) is 0 Å². The number of para-hydroxylation sites is 1. The van der Waals surface area contributed by atoms with E-state index in [2.05, 4.69) is 17.4 Å². The van der Waals surface area contributed by atoms with Crippen molar-refractivity contribution in [3.05, 3.63) is 53.0 Å². The predicted molar refractivity (Wildman–Crippen MR) is 82.9 cm³/mol. The lowest BCUT2D eigenvalue weighted by atomic mass is 10.0. The van der Waals surface area contributed by atoms with E-state index in [9.17, 15) is 0 Å². The van der Waals surface area contributed by atoms with Gasteiger partial charge >= 0.3 is 0 Å². The first-order valence-corrected chi connectivity index (χ1v) is 7.27. The molecular formula is C15H17ClN4O. The van der Waals surface area contributed by atoms with E-state index in [1.807, 2.05) is 28.9 Å². The smallest absolute Gasteiger partial charge is 0.134 e. The van der Waals surface area contributed by atoms with E-state index in [0.29, 0.717) is 5.02 Å². The first-order valence-electron chi connectivity index (χ1n) is 6.89. The highest BCUT2D eigenvalue weighted by atomic mass is 35.5. The lowest BCUT2D eigenvalue weighted by molar-refractivity contribution is 0.516. The normalized spacial score (nSPS) is 12.9. The fourth-order valence-corrected chi connectivity index (χ4v) is 2.84. The second-order valence-corrected chi connectivity index (χ2v) is 5.29. The number of aryl methyl sites for hydroxylation is 1. The van der Waals surface area contributed by atoms with E-state index in [-0.39, 0.29) is 6.04 Å². The zero-order valence-corrected chi connectivity index (χ0v) is 12.5. The molecule has 3 rings (SSSR count). The number of fused-ring (bicyclic) bond motifs is 1. The topological polar surface area (TPSA) is 69.0 Å². The van der Waals surface area contributed by atoms with Crippen LogP contribution in [0.5, 0.6) is 0 Å². The molecule has 0 saturated carbocycles. The quantitative estimate of drug-likeness (QED) is 0.561. The number of nitrogens with zero attached hydrogens (tertiary/aromatic N) is 2. The summed E-state index contributed by atoms with van der Waals surface area (Å²) in [5.41, 5.74) is 5.46. The van der Waals surface area contributed by atoms with Gasteiger partial charge in [-0.25, -0.2) is 5.43 Å². The van der Waals surface area contributed by atoms with Gasteiger partial charge in [0.15, 0.2) is 0 Å². The van der Waals surface area contributed by atoms with Gasteiger partial charge in [-0.05, 0) is 12.5 Å². The van der Waals surface area contributed by atoms with Crippen LogP contribution >= 0.6 is 11.6 Å². The van der Waals surface area contributed by atoms with E-state index in [1.54, 1.807) is 12.5 Å². The summed E-state index contributed by atoms with van der Waals surface area (Å²) >= 11 is 6.31. The Morgan fingerprint density at radius 2 is 2.24 bits per heavy atom. The molecule has 0 aliphatic carbocycles.